The Morgan fingerprint density at radius 3 is 2.29 bits per heavy atom. The van der Waals surface area contributed by atoms with Gasteiger partial charge in [-0.3, -0.25) is 4.72 Å². The molecule has 1 heterocycles. The molecule has 0 aliphatic heterocycles. The van der Waals surface area contributed by atoms with Gasteiger partial charge in [0.15, 0.2) is 11.5 Å². The maximum Gasteiger partial charge on any atom is 0.263 e. The maximum atomic E-state index is 12.6. The number of halogens is 2. The van der Waals surface area contributed by atoms with Gasteiger partial charge in [-0.05, 0) is 36.4 Å². The zero-order chi connectivity index (χ0) is 20.3. The van der Waals surface area contributed by atoms with Crippen LogP contribution in [-0.4, -0.2) is 27.6 Å². The number of benzene rings is 2. The van der Waals surface area contributed by atoms with Crippen molar-refractivity contribution in [1.29, 1.82) is 0 Å². The van der Waals surface area contributed by atoms with Gasteiger partial charge in [0.05, 0.1) is 19.1 Å². The molecule has 28 heavy (non-hydrogen) atoms. The van der Waals surface area contributed by atoms with Crippen LogP contribution in [0.4, 0.5) is 5.82 Å². The molecule has 9 heteroatoms. The Hall–Kier alpha value is -2.48. The Labute approximate surface area is 173 Å². The van der Waals surface area contributed by atoms with E-state index in [4.69, 9.17) is 32.7 Å². The number of rotatable bonds is 6. The summed E-state index contributed by atoms with van der Waals surface area (Å²) in [5.41, 5.74) is 1.48. The van der Waals surface area contributed by atoms with Crippen LogP contribution in [0.15, 0.2) is 59.6 Å². The Kier molecular flexibility index (Phi) is 5.98. The number of nitrogens with zero attached hydrogens (tertiary/aromatic N) is 1. The Bertz CT molecular complexity index is 1100. The summed E-state index contributed by atoms with van der Waals surface area (Å²) in [6.07, 6.45) is 1.53. The summed E-state index contributed by atoms with van der Waals surface area (Å²) >= 11 is 12.1. The Balaban J connectivity index is 1.85. The van der Waals surface area contributed by atoms with Crippen LogP contribution in [0.3, 0.4) is 0 Å². The molecule has 0 atom stereocenters. The highest BCUT2D eigenvalue weighted by Gasteiger charge is 2.18. The molecule has 0 spiro atoms. The molecule has 146 valence electrons. The van der Waals surface area contributed by atoms with Crippen LogP contribution in [-0.2, 0) is 10.0 Å². The summed E-state index contributed by atoms with van der Waals surface area (Å²) < 4.78 is 38.0. The zero-order valence-corrected chi connectivity index (χ0v) is 17.3. The first-order valence-electron chi connectivity index (χ1n) is 8.00. The van der Waals surface area contributed by atoms with Gasteiger partial charge in [0.1, 0.15) is 5.82 Å². The highest BCUT2D eigenvalue weighted by Crippen LogP contribution is 2.32. The molecular weight excluding hydrogens is 423 g/mol. The zero-order valence-electron chi connectivity index (χ0n) is 14.9. The number of methoxy groups -OCH3 is 2. The van der Waals surface area contributed by atoms with Gasteiger partial charge in [-0.1, -0.05) is 29.3 Å². The number of ether oxygens (including phenoxy) is 2. The van der Waals surface area contributed by atoms with Crippen LogP contribution < -0.4 is 14.2 Å². The van der Waals surface area contributed by atoms with E-state index in [9.17, 15) is 8.42 Å². The van der Waals surface area contributed by atoms with Crippen LogP contribution in [0.25, 0.3) is 11.1 Å². The second kappa shape index (κ2) is 8.26. The minimum absolute atomic E-state index is 0.0248. The summed E-state index contributed by atoms with van der Waals surface area (Å²) in [5, 5.41) is 1.01. The van der Waals surface area contributed by atoms with Gasteiger partial charge >= 0.3 is 0 Å². The summed E-state index contributed by atoms with van der Waals surface area (Å²) in [6, 6.07) is 12.7. The molecule has 0 amide bonds. The number of hydrogen-bond acceptors (Lipinski definition) is 5. The molecule has 1 N–H and O–H groups in total. The van der Waals surface area contributed by atoms with Crippen molar-refractivity contribution >= 4 is 39.0 Å². The van der Waals surface area contributed by atoms with Crippen LogP contribution >= 0.6 is 23.2 Å². The average Bonchev–Trinajstić information content (AvgIpc) is 2.68. The predicted octanol–water partition coefficient (Wildman–Crippen LogP) is 4.87. The molecule has 3 rings (SSSR count). The van der Waals surface area contributed by atoms with Crippen molar-refractivity contribution in [1.82, 2.24) is 4.98 Å². The molecule has 0 fully saturated rings. The van der Waals surface area contributed by atoms with Gasteiger partial charge in [-0.25, -0.2) is 13.4 Å². The lowest BCUT2D eigenvalue weighted by atomic mass is 10.1. The van der Waals surface area contributed by atoms with Gasteiger partial charge in [0.2, 0.25) is 0 Å². The van der Waals surface area contributed by atoms with E-state index in [-0.39, 0.29) is 10.7 Å². The third-order valence-electron chi connectivity index (χ3n) is 3.91. The predicted molar refractivity (Wildman–Crippen MR) is 110 cm³/mol. The lowest BCUT2D eigenvalue weighted by molar-refractivity contribution is 0.354. The molecular formula is C19H16Cl2N2O4S. The maximum absolute atomic E-state index is 12.6. The van der Waals surface area contributed by atoms with E-state index in [1.54, 1.807) is 30.3 Å². The second-order valence-corrected chi connectivity index (χ2v) is 8.20. The molecule has 0 aliphatic carbocycles. The van der Waals surface area contributed by atoms with E-state index in [1.807, 2.05) is 0 Å². The summed E-state index contributed by atoms with van der Waals surface area (Å²) in [5.74, 6) is 0.915. The first-order valence-corrected chi connectivity index (χ1v) is 10.2. The fourth-order valence-electron chi connectivity index (χ4n) is 2.52. The van der Waals surface area contributed by atoms with E-state index in [0.29, 0.717) is 21.5 Å². The van der Waals surface area contributed by atoms with E-state index in [0.717, 1.165) is 11.1 Å². The fraction of sp³-hybridized carbons (Fsp3) is 0.105. The van der Waals surface area contributed by atoms with Gasteiger partial charge in [-0.2, -0.15) is 0 Å². The third-order valence-corrected chi connectivity index (χ3v) is 5.81. The molecule has 0 saturated heterocycles. The van der Waals surface area contributed by atoms with Crippen LogP contribution in [0.1, 0.15) is 0 Å². The van der Waals surface area contributed by atoms with Gasteiger partial charge < -0.3 is 9.47 Å². The SMILES string of the molecule is COc1ccc(S(=O)(=O)Nc2ccc(-c3ccc(Cl)cc3Cl)cn2)cc1OC. The molecule has 1 aromatic heterocycles. The molecule has 2 aromatic carbocycles. The van der Waals surface area contributed by atoms with Crippen molar-refractivity contribution in [2.24, 2.45) is 0 Å². The molecule has 0 aliphatic rings. The van der Waals surface area contributed by atoms with Gasteiger partial charge in [-0.15, -0.1) is 0 Å². The molecule has 0 bridgehead atoms. The number of aromatic nitrogens is 1. The quantitative estimate of drug-likeness (QED) is 0.593. The van der Waals surface area contributed by atoms with Crippen LogP contribution in [0.5, 0.6) is 11.5 Å². The summed E-state index contributed by atoms with van der Waals surface area (Å²) in [4.78, 5) is 4.19. The molecule has 6 nitrogen and oxygen atoms in total. The van der Waals surface area contributed by atoms with Crippen LogP contribution in [0.2, 0.25) is 10.0 Å². The minimum Gasteiger partial charge on any atom is -0.493 e. The third kappa shape index (κ3) is 4.32. The molecule has 0 unspecified atom stereocenters. The summed E-state index contributed by atoms with van der Waals surface area (Å²) in [7, 11) is -0.944. The van der Waals surface area contributed by atoms with Crippen molar-refractivity contribution in [2.45, 2.75) is 4.90 Å². The summed E-state index contributed by atoms with van der Waals surface area (Å²) in [6.45, 7) is 0. The second-order valence-electron chi connectivity index (χ2n) is 5.68. The lowest BCUT2D eigenvalue weighted by Gasteiger charge is -2.11. The van der Waals surface area contributed by atoms with E-state index < -0.39 is 10.0 Å². The molecule has 0 saturated carbocycles. The van der Waals surface area contributed by atoms with E-state index in [2.05, 4.69) is 9.71 Å². The van der Waals surface area contributed by atoms with Crippen LogP contribution in [0, 0.1) is 0 Å². The van der Waals surface area contributed by atoms with E-state index in [1.165, 1.54) is 38.6 Å². The Morgan fingerprint density at radius 2 is 1.68 bits per heavy atom. The van der Waals surface area contributed by atoms with Crippen molar-refractivity contribution in [3.63, 3.8) is 0 Å². The van der Waals surface area contributed by atoms with Gasteiger partial charge in [0, 0.05) is 33.4 Å². The highest BCUT2D eigenvalue weighted by molar-refractivity contribution is 7.92. The minimum atomic E-state index is -3.85. The van der Waals surface area contributed by atoms with Crippen molar-refractivity contribution < 1.29 is 17.9 Å². The first kappa shape index (κ1) is 20.3. The molecule has 3 aromatic rings. The number of sulfonamides is 1. The van der Waals surface area contributed by atoms with Gasteiger partial charge in [0.25, 0.3) is 10.0 Å². The number of pyridine rings is 1. The van der Waals surface area contributed by atoms with Crippen molar-refractivity contribution in [3.05, 3.63) is 64.8 Å². The lowest BCUT2D eigenvalue weighted by Crippen LogP contribution is -2.14. The largest absolute Gasteiger partial charge is 0.493 e. The molecule has 0 radical (unpaired) electrons. The standard InChI is InChI=1S/C19H16Cl2N2O4S/c1-26-17-7-5-14(10-18(17)27-2)28(24,25)23-19-8-3-12(11-22-19)15-6-4-13(20)9-16(15)21/h3-11H,1-2H3,(H,22,23). The van der Waals surface area contributed by atoms with Crippen molar-refractivity contribution in [3.8, 4) is 22.6 Å². The number of hydrogen-bond donors (Lipinski definition) is 1. The first-order chi connectivity index (χ1) is 13.3. The number of nitrogens with one attached hydrogen (secondary N) is 1. The monoisotopic (exact) mass is 438 g/mol. The smallest absolute Gasteiger partial charge is 0.263 e. The average molecular weight is 439 g/mol. The topological polar surface area (TPSA) is 77.5 Å². The number of anilines is 1. The van der Waals surface area contributed by atoms with E-state index >= 15 is 0 Å². The fourth-order valence-corrected chi connectivity index (χ4v) is 4.06. The normalized spacial score (nSPS) is 11.1. The highest BCUT2D eigenvalue weighted by atomic mass is 35.5. The van der Waals surface area contributed by atoms with Crippen molar-refractivity contribution in [2.75, 3.05) is 18.9 Å². The Morgan fingerprint density at radius 1 is 0.929 bits per heavy atom.